The largest absolute Gasteiger partial charge is 0.391 e. The van der Waals surface area contributed by atoms with Crippen molar-refractivity contribution in [3.05, 3.63) is 71.8 Å². The Balaban J connectivity index is 2.04. The first-order valence-electron chi connectivity index (χ1n) is 6.82. The Labute approximate surface area is 129 Å². The number of aliphatic hydroxyl groups excluding tert-OH is 1. The van der Waals surface area contributed by atoms with Gasteiger partial charge in [0, 0.05) is 25.0 Å². The normalized spacial score (nSPS) is 12.6. The van der Waals surface area contributed by atoms with Crippen LogP contribution in [0.15, 0.2) is 60.7 Å². The van der Waals surface area contributed by atoms with Gasteiger partial charge >= 0.3 is 0 Å². The van der Waals surface area contributed by atoms with Crippen LogP contribution in [0, 0.1) is 0 Å². The summed E-state index contributed by atoms with van der Waals surface area (Å²) >= 11 is 3.34. The van der Waals surface area contributed by atoms with Crippen LogP contribution in [0.2, 0.25) is 0 Å². The zero-order valence-electron chi connectivity index (χ0n) is 11.5. The first-order valence-corrected chi connectivity index (χ1v) is 7.94. The first kappa shape index (κ1) is 15.2. The van der Waals surface area contributed by atoms with Gasteiger partial charge in [0.2, 0.25) is 0 Å². The first-order chi connectivity index (χ1) is 9.78. The fraction of sp³-hybridized carbons (Fsp3) is 0.294. The Kier molecular flexibility index (Phi) is 6.25. The second kappa shape index (κ2) is 8.20. The molecule has 106 valence electrons. The number of alkyl halides is 1. The Morgan fingerprint density at radius 1 is 0.850 bits per heavy atom. The minimum atomic E-state index is -0.345. The number of halogens is 1. The Bertz CT molecular complexity index is 447. The lowest BCUT2D eigenvalue weighted by Crippen LogP contribution is -2.32. The highest BCUT2D eigenvalue weighted by atomic mass is 79.9. The van der Waals surface area contributed by atoms with Gasteiger partial charge in [-0.15, -0.1) is 0 Å². The number of hydrogen-bond acceptors (Lipinski definition) is 2. The Morgan fingerprint density at radius 3 is 1.70 bits per heavy atom. The maximum absolute atomic E-state index is 9.90. The lowest BCUT2D eigenvalue weighted by atomic mass is 10.1. The Morgan fingerprint density at radius 2 is 1.30 bits per heavy atom. The molecule has 3 heteroatoms. The van der Waals surface area contributed by atoms with E-state index in [0.29, 0.717) is 11.9 Å². The van der Waals surface area contributed by atoms with Crippen LogP contribution in [0.3, 0.4) is 0 Å². The van der Waals surface area contributed by atoms with Gasteiger partial charge in [-0.1, -0.05) is 76.6 Å². The molecule has 0 saturated heterocycles. The highest BCUT2D eigenvalue weighted by Gasteiger charge is 2.12. The molecule has 2 nitrogen and oxygen atoms in total. The molecule has 0 aliphatic carbocycles. The van der Waals surface area contributed by atoms with E-state index in [1.807, 2.05) is 12.1 Å². The third-order valence-electron chi connectivity index (χ3n) is 3.15. The lowest BCUT2D eigenvalue weighted by Gasteiger charge is -2.24. The molecular weight excluding hydrogens is 314 g/mol. The van der Waals surface area contributed by atoms with E-state index in [4.69, 9.17) is 0 Å². The zero-order valence-corrected chi connectivity index (χ0v) is 13.0. The predicted molar refractivity (Wildman–Crippen MR) is 86.8 cm³/mol. The third kappa shape index (κ3) is 5.08. The van der Waals surface area contributed by atoms with Gasteiger partial charge in [-0.2, -0.15) is 0 Å². The average molecular weight is 334 g/mol. The monoisotopic (exact) mass is 333 g/mol. The van der Waals surface area contributed by atoms with Gasteiger partial charge in [-0.25, -0.2) is 0 Å². The molecule has 2 aromatic rings. The van der Waals surface area contributed by atoms with Crippen molar-refractivity contribution in [2.24, 2.45) is 0 Å². The van der Waals surface area contributed by atoms with Crippen molar-refractivity contribution in [2.75, 3.05) is 11.9 Å². The molecule has 1 atom stereocenters. The van der Waals surface area contributed by atoms with E-state index >= 15 is 0 Å². The highest BCUT2D eigenvalue weighted by molar-refractivity contribution is 9.09. The lowest BCUT2D eigenvalue weighted by molar-refractivity contribution is 0.122. The third-order valence-corrected chi connectivity index (χ3v) is 3.89. The fourth-order valence-electron chi connectivity index (χ4n) is 2.22. The van der Waals surface area contributed by atoms with Gasteiger partial charge in [0.15, 0.2) is 0 Å². The van der Waals surface area contributed by atoms with Crippen molar-refractivity contribution in [1.82, 2.24) is 4.90 Å². The maximum Gasteiger partial charge on any atom is 0.0763 e. The molecule has 2 rings (SSSR count). The van der Waals surface area contributed by atoms with Gasteiger partial charge in [-0.05, 0) is 11.1 Å². The van der Waals surface area contributed by atoms with Crippen LogP contribution < -0.4 is 0 Å². The molecule has 20 heavy (non-hydrogen) atoms. The van der Waals surface area contributed by atoms with Crippen LogP contribution in [0.25, 0.3) is 0 Å². The second-order valence-corrected chi connectivity index (χ2v) is 5.60. The predicted octanol–water partition coefficient (Wildman–Crippen LogP) is 3.44. The van der Waals surface area contributed by atoms with Crippen molar-refractivity contribution >= 4 is 15.9 Å². The molecule has 0 spiro atoms. The van der Waals surface area contributed by atoms with Crippen LogP contribution >= 0.6 is 15.9 Å². The SMILES string of the molecule is OC(CBr)CN(Cc1ccccc1)Cc1ccccc1. The number of nitrogens with zero attached hydrogens (tertiary/aromatic N) is 1. The maximum atomic E-state index is 9.90. The smallest absolute Gasteiger partial charge is 0.0763 e. The summed E-state index contributed by atoms with van der Waals surface area (Å²) in [6.07, 6.45) is -0.345. The van der Waals surface area contributed by atoms with E-state index in [2.05, 4.69) is 69.4 Å². The molecule has 0 aliphatic rings. The van der Waals surface area contributed by atoms with Gasteiger partial charge in [0.1, 0.15) is 0 Å². The summed E-state index contributed by atoms with van der Waals surface area (Å²) in [6, 6.07) is 20.8. The van der Waals surface area contributed by atoms with E-state index < -0.39 is 0 Å². The summed E-state index contributed by atoms with van der Waals surface area (Å²) in [4.78, 5) is 2.27. The average Bonchev–Trinajstić information content (AvgIpc) is 2.49. The fourth-order valence-corrected chi connectivity index (χ4v) is 2.42. The van der Waals surface area contributed by atoms with Crippen molar-refractivity contribution in [1.29, 1.82) is 0 Å². The van der Waals surface area contributed by atoms with E-state index in [1.54, 1.807) is 0 Å². The quantitative estimate of drug-likeness (QED) is 0.784. The number of rotatable bonds is 7. The summed E-state index contributed by atoms with van der Waals surface area (Å²) < 4.78 is 0. The molecule has 0 saturated carbocycles. The zero-order chi connectivity index (χ0) is 14.2. The molecule has 0 amide bonds. The molecule has 0 aliphatic heterocycles. The molecule has 1 unspecified atom stereocenters. The molecule has 0 bridgehead atoms. The standard InChI is InChI=1S/C17H20BrNO/c18-11-17(20)14-19(12-15-7-3-1-4-8-15)13-16-9-5-2-6-10-16/h1-10,17,20H,11-14H2. The highest BCUT2D eigenvalue weighted by Crippen LogP contribution is 2.11. The molecular formula is C17H20BrNO. The van der Waals surface area contributed by atoms with Crippen LogP contribution in [-0.2, 0) is 13.1 Å². The summed E-state index contributed by atoms with van der Waals surface area (Å²) in [5, 5.41) is 10.5. The molecule has 2 aromatic carbocycles. The topological polar surface area (TPSA) is 23.5 Å². The summed E-state index contributed by atoms with van der Waals surface area (Å²) in [7, 11) is 0. The number of aliphatic hydroxyl groups is 1. The van der Waals surface area contributed by atoms with Crippen molar-refractivity contribution < 1.29 is 5.11 Å². The molecule has 0 fully saturated rings. The second-order valence-electron chi connectivity index (χ2n) is 4.95. The molecule has 0 radical (unpaired) electrons. The van der Waals surface area contributed by atoms with E-state index in [9.17, 15) is 5.11 Å². The minimum absolute atomic E-state index is 0.345. The summed E-state index contributed by atoms with van der Waals surface area (Å²) in [5.41, 5.74) is 2.54. The van der Waals surface area contributed by atoms with Crippen LogP contribution in [0.1, 0.15) is 11.1 Å². The van der Waals surface area contributed by atoms with Crippen LogP contribution in [0.4, 0.5) is 0 Å². The van der Waals surface area contributed by atoms with Gasteiger partial charge in [-0.3, -0.25) is 4.90 Å². The number of hydrogen-bond donors (Lipinski definition) is 1. The van der Waals surface area contributed by atoms with Gasteiger partial charge in [0.05, 0.1) is 6.10 Å². The molecule has 0 aromatic heterocycles. The van der Waals surface area contributed by atoms with Crippen LogP contribution in [0.5, 0.6) is 0 Å². The van der Waals surface area contributed by atoms with Crippen LogP contribution in [-0.4, -0.2) is 28.0 Å². The summed E-state index contributed by atoms with van der Waals surface area (Å²) in [6.45, 7) is 2.36. The van der Waals surface area contributed by atoms with Crippen molar-refractivity contribution in [3.8, 4) is 0 Å². The van der Waals surface area contributed by atoms with Gasteiger partial charge < -0.3 is 5.11 Å². The van der Waals surface area contributed by atoms with E-state index in [1.165, 1.54) is 11.1 Å². The minimum Gasteiger partial charge on any atom is -0.391 e. The molecule has 1 N–H and O–H groups in total. The molecule has 0 heterocycles. The Hall–Kier alpha value is -1.16. The number of benzene rings is 2. The van der Waals surface area contributed by atoms with Crippen molar-refractivity contribution in [3.63, 3.8) is 0 Å². The summed E-state index contributed by atoms with van der Waals surface area (Å²) in [5.74, 6) is 0. The van der Waals surface area contributed by atoms with E-state index in [0.717, 1.165) is 13.1 Å². The van der Waals surface area contributed by atoms with E-state index in [-0.39, 0.29) is 6.10 Å². The van der Waals surface area contributed by atoms with Gasteiger partial charge in [0.25, 0.3) is 0 Å². The van der Waals surface area contributed by atoms with Crippen molar-refractivity contribution in [2.45, 2.75) is 19.2 Å².